The van der Waals surface area contributed by atoms with Crippen molar-refractivity contribution in [3.8, 4) is 11.5 Å². The molecule has 1 aromatic heterocycles. The summed E-state index contributed by atoms with van der Waals surface area (Å²) in [5.41, 5.74) is 3.04. The maximum Gasteiger partial charge on any atom is 0.255 e. The summed E-state index contributed by atoms with van der Waals surface area (Å²) < 4.78 is 10.5. The van der Waals surface area contributed by atoms with Crippen molar-refractivity contribution in [2.45, 2.75) is 13.3 Å². The van der Waals surface area contributed by atoms with E-state index >= 15 is 0 Å². The molecule has 0 aliphatic carbocycles. The minimum absolute atomic E-state index is 0.191. The fourth-order valence-electron chi connectivity index (χ4n) is 2.55. The molecule has 1 amide bonds. The average Bonchev–Trinajstić information content (AvgIpc) is 3.19. The van der Waals surface area contributed by atoms with Gasteiger partial charge in [0.2, 0.25) is 6.79 Å². The third-order valence-electron chi connectivity index (χ3n) is 3.76. The predicted molar refractivity (Wildman–Crippen MR) is 86.0 cm³/mol. The van der Waals surface area contributed by atoms with Crippen molar-refractivity contribution < 1.29 is 14.3 Å². The van der Waals surface area contributed by atoms with Gasteiger partial charge in [0.15, 0.2) is 11.5 Å². The SMILES string of the molecule is CCc1nc2ccc(NC(=O)c3ccc4c(c3)OCO4)cc2[nH]1. The highest BCUT2D eigenvalue weighted by molar-refractivity contribution is 6.05. The molecule has 3 aromatic rings. The summed E-state index contributed by atoms with van der Waals surface area (Å²) in [6.07, 6.45) is 0.841. The van der Waals surface area contributed by atoms with Crippen LogP contribution in [0.1, 0.15) is 23.1 Å². The van der Waals surface area contributed by atoms with E-state index in [-0.39, 0.29) is 12.7 Å². The topological polar surface area (TPSA) is 76.2 Å². The van der Waals surface area contributed by atoms with Gasteiger partial charge in [-0.15, -0.1) is 0 Å². The lowest BCUT2D eigenvalue weighted by atomic mass is 10.2. The second kappa shape index (κ2) is 5.31. The van der Waals surface area contributed by atoms with Crippen molar-refractivity contribution in [2.24, 2.45) is 0 Å². The molecule has 6 nitrogen and oxygen atoms in total. The molecule has 0 unspecified atom stereocenters. The van der Waals surface area contributed by atoms with E-state index < -0.39 is 0 Å². The number of H-pyrrole nitrogens is 1. The molecule has 0 atom stereocenters. The summed E-state index contributed by atoms with van der Waals surface area (Å²) >= 11 is 0. The number of aromatic nitrogens is 2. The highest BCUT2D eigenvalue weighted by atomic mass is 16.7. The summed E-state index contributed by atoms with van der Waals surface area (Å²) in [4.78, 5) is 20.1. The number of carbonyl (C=O) groups is 1. The number of nitrogens with one attached hydrogen (secondary N) is 2. The number of ether oxygens (including phenoxy) is 2. The smallest absolute Gasteiger partial charge is 0.255 e. The van der Waals surface area contributed by atoms with Gasteiger partial charge in [-0.1, -0.05) is 6.92 Å². The van der Waals surface area contributed by atoms with Gasteiger partial charge in [0.05, 0.1) is 11.0 Å². The first-order valence-electron chi connectivity index (χ1n) is 7.42. The number of carbonyl (C=O) groups excluding carboxylic acids is 1. The van der Waals surface area contributed by atoms with Crippen LogP contribution in [-0.2, 0) is 6.42 Å². The van der Waals surface area contributed by atoms with E-state index in [1.807, 2.05) is 25.1 Å². The molecule has 23 heavy (non-hydrogen) atoms. The molecule has 1 aliphatic heterocycles. The number of fused-ring (bicyclic) bond motifs is 2. The number of imidazole rings is 1. The van der Waals surface area contributed by atoms with Gasteiger partial charge in [-0.3, -0.25) is 4.79 Å². The van der Waals surface area contributed by atoms with Crippen molar-refractivity contribution in [2.75, 3.05) is 12.1 Å². The molecule has 0 saturated carbocycles. The molecule has 0 spiro atoms. The maximum atomic E-state index is 12.4. The fourth-order valence-corrected chi connectivity index (χ4v) is 2.55. The molecule has 6 heteroatoms. The molecule has 0 radical (unpaired) electrons. The number of anilines is 1. The van der Waals surface area contributed by atoms with Crippen LogP contribution in [-0.4, -0.2) is 22.7 Å². The monoisotopic (exact) mass is 309 g/mol. The third kappa shape index (κ3) is 2.48. The van der Waals surface area contributed by atoms with Crippen molar-refractivity contribution >= 4 is 22.6 Å². The van der Waals surface area contributed by atoms with Crippen LogP contribution >= 0.6 is 0 Å². The first-order chi connectivity index (χ1) is 11.2. The molecule has 0 saturated heterocycles. The third-order valence-corrected chi connectivity index (χ3v) is 3.76. The highest BCUT2D eigenvalue weighted by Gasteiger charge is 2.16. The quantitative estimate of drug-likeness (QED) is 0.779. The predicted octanol–water partition coefficient (Wildman–Crippen LogP) is 3.11. The summed E-state index contributed by atoms with van der Waals surface area (Å²) in [6, 6.07) is 10.7. The Morgan fingerprint density at radius 1 is 1.22 bits per heavy atom. The Balaban J connectivity index is 1.58. The Labute approximate surface area is 132 Å². The normalized spacial score (nSPS) is 12.6. The van der Waals surface area contributed by atoms with Gasteiger partial charge in [-0.25, -0.2) is 4.98 Å². The zero-order valence-electron chi connectivity index (χ0n) is 12.6. The number of amides is 1. The summed E-state index contributed by atoms with van der Waals surface area (Å²) in [6.45, 7) is 2.23. The largest absolute Gasteiger partial charge is 0.454 e. The maximum absolute atomic E-state index is 12.4. The summed E-state index contributed by atoms with van der Waals surface area (Å²) in [7, 11) is 0. The van der Waals surface area contributed by atoms with Crippen LogP contribution in [0.4, 0.5) is 5.69 Å². The van der Waals surface area contributed by atoms with Crippen LogP contribution in [0.2, 0.25) is 0 Å². The standard InChI is InChI=1S/C17H15N3O3/c1-2-16-19-12-5-4-11(8-13(12)20-16)18-17(21)10-3-6-14-15(7-10)23-9-22-14/h3-8H,2,9H2,1H3,(H,18,21)(H,19,20). The molecular weight excluding hydrogens is 294 g/mol. The van der Waals surface area contributed by atoms with Gasteiger partial charge >= 0.3 is 0 Å². The zero-order valence-corrected chi connectivity index (χ0v) is 12.6. The number of nitrogens with zero attached hydrogens (tertiary/aromatic N) is 1. The van der Waals surface area contributed by atoms with Crippen molar-refractivity contribution in [3.63, 3.8) is 0 Å². The number of hydrogen-bond donors (Lipinski definition) is 2. The number of aryl methyl sites for hydroxylation is 1. The molecule has 0 bridgehead atoms. The molecule has 2 aromatic carbocycles. The first-order valence-corrected chi connectivity index (χ1v) is 7.42. The van der Waals surface area contributed by atoms with Crippen LogP contribution < -0.4 is 14.8 Å². The number of rotatable bonds is 3. The Morgan fingerprint density at radius 2 is 2.09 bits per heavy atom. The van der Waals surface area contributed by atoms with E-state index in [1.165, 1.54) is 0 Å². The second-order valence-electron chi connectivity index (χ2n) is 5.29. The second-order valence-corrected chi connectivity index (χ2v) is 5.29. The van der Waals surface area contributed by atoms with Gasteiger partial charge in [0.1, 0.15) is 5.82 Å². The van der Waals surface area contributed by atoms with Gasteiger partial charge in [-0.05, 0) is 36.4 Å². The molecule has 4 rings (SSSR count). The van der Waals surface area contributed by atoms with Crippen LogP contribution in [0.15, 0.2) is 36.4 Å². The molecule has 2 heterocycles. The lowest BCUT2D eigenvalue weighted by Crippen LogP contribution is -2.11. The van der Waals surface area contributed by atoms with E-state index in [2.05, 4.69) is 15.3 Å². The summed E-state index contributed by atoms with van der Waals surface area (Å²) in [5.74, 6) is 1.99. The van der Waals surface area contributed by atoms with E-state index in [1.54, 1.807) is 18.2 Å². The number of aromatic amines is 1. The molecule has 116 valence electrons. The average molecular weight is 309 g/mol. The van der Waals surface area contributed by atoms with Crippen LogP contribution in [0.5, 0.6) is 11.5 Å². The van der Waals surface area contributed by atoms with Crippen LogP contribution in [0, 0.1) is 0 Å². The molecule has 0 fully saturated rings. The van der Waals surface area contributed by atoms with E-state index in [9.17, 15) is 4.79 Å². The highest BCUT2D eigenvalue weighted by Crippen LogP contribution is 2.32. The Hall–Kier alpha value is -3.02. The van der Waals surface area contributed by atoms with Gasteiger partial charge in [0, 0.05) is 17.7 Å². The lowest BCUT2D eigenvalue weighted by molar-refractivity contribution is 0.102. The van der Waals surface area contributed by atoms with Crippen LogP contribution in [0.25, 0.3) is 11.0 Å². The van der Waals surface area contributed by atoms with Crippen molar-refractivity contribution in [3.05, 3.63) is 47.8 Å². The Morgan fingerprint density at radius 3 is 2.96 bits per heavy atom. The van der Waals surface area contributed by atoms with Gasteiger partial charge in [0.25, 0.3) is 5.91 Å². The van der Waals surface area contributed by atoms with E-state index in [0.717, 1.165) is 23.3 Å². The number of hydrogen-bond acceptors (Lipinski definition) is 4. The summed E-state index contributed by atoms with van der Waals surface area (Å²) in [5, 5.41) is 2.89. The van der Waals surface area contributed by atoms with Crippen molar-refractivity contribution in [1.29, 1.82) is 0 Å². The molecule has 1 aliphatic rings. The van der Waals surface area contributed by atoms with Gasteiger partial charge < -0.3 is 19.8 Å². The Kier molecular flexibility index (Phi) is 3.15. The van der Waals surface area contributed by atoms with E-state index in [0.29, 0.717) is 22.7 Å². The Bertz CT molecular complexity index is 901. The van der Waals surface area contributed by atoms with Crippen molar-refractivity contribution in [1.82, 2.24) is 9.97 Å². The molecule has 2 N–H and O–H groups in total. The van der Waals surface area contributed by atoms with Gasteiger partial charge in [-0.2, -0.15) is 0 Å². The lowest BCUT2D eigenvalue weighted by Gasteiger charge is -2.06. The van der Waals surface area contributed by atoms with E-state index in [4.69, 9.17) is 9.47 Å². The van der Waals surface area contributed by atoms with Crippen LogP contribution in [0.3, 0.4) is 0 Å². The molecular formula is C17H15N3O3. The fraction of sp³-hybridized carbons (Fsp3) is 0.176. The minimum Gasteiger partial charge on any atom is -0.454 e. The zero-order chi connectivity index (χ0) is 15.8. The number of benzene rings is 2. The first kappa shape index (κ1) is 13.6. The minimum atomic E-state index is -0.196.